The topological polar surface area (TPSA) is 57.6 Å². The fraction of sp³-hybridized carbons (Fsp3) is 0.571. The normalized spacial score (nSPS) is 10.2. The lowest BCUT2D eigenvalue weighted by Gasteiger charge is -2.04. The Kier molecular flexibility index (Phi) is 3.47. The molecule has 0 aliphatic heterocycles. The van der Waals surface area contributed by atoms with Crippen molar-refractivity contribution in [3.8, 4) is 5.88 Å². The second-order valence-electron chi connectivity index (χ2n) is 2.66. The number of aromatic nitrogens is 1. The molecule has 0 saturated carbocycles. The molecule has 0 atom stereocenters. The van der Waals surface area contributed by atoms with Gasteiger partial charge in [-0.3, -0.25) is 0 Å². The fourth-order valence-electron chi connectivity index (χ4n) is 0.860. The van der Waals surface area contributed by atoms with Crippen molar-refractivity contribution in [2.75, 3.05) is 26.1 Å². The fourth-order valence-corrected chi connectivity index (χ4v) is 1.74. The van der Waals surface area contributed by atoms with Gasteiger partial charge in [-0.1, -0.05) is 11.3 Å². The number of rotatable bonds is 4. The molecule has 5 nitrogen and oxygen atoms in total. The van der Waals surface area contributed by atoms with Crippen molar-refractivity contribution < 1.29 is 9.94 Å². The predicted octanol–water partition coefficient (Wildman–Crippen LogP) is 0.697. The molecule has 0 fully saturated rings. The van der Waals surface area contributed by atoms with Crippen LogP contribution in [0.3, 0.4) is 0 Å². The Balaban J connectivity index is 2.90. The van der Waals surface area contributed by atoms with Gasteiger partial charge >= 0.3 is 0 Å². The highest BCUT2D eigenvalue weighted by molar-refractivity contribution is 7.15. The summed E-state index contributed by atoms with van der Waals surface area (Å²) in [7, 11) is 5.39. The number of hydroxylamine groups is 1. The third-order valence-corrected chi connectivity index (χ3v) is 2.67. The molecule has 0 bridgehead atoms. The number of methoxy groups -OCH3 is 1. The lowest BCUT2D eigenvalue weighted by atomic mass is 10.5. The Bertz CT molecular complexity index is 275. The molecule has 0 unspecified atom stereocenters. The summed E-state index contributed by atoms with van der Waals surface area (Å²) >= 11 is 1.48. The van der Waals surface area contributed by atoms with E-state index < -0.39 is 0 Å². The van der Waals surface area contributed by atoms with E-state index in [-0.39, 0.29) is 0 Å². The van der Waals surface area contributed by atoms with Gasteiger partial charge in [0.05, 0.1) is 18.5 Å². The van der Waals surface area contributed by atoms with Crippen molar-refractivity contribution in [1.82, 2.24) is 10.5 Å². The van der Waals surface area contributed by atoms with E-state index in [1.54, 1.807) is 7.11 Å². The maximum absolute atomic E-state index is 8.55. The van der Waals surface area contributed by atoms with Crippen LogP contribution >= 0.6 is 11.3 Å². The van der Waals surface area contributed by atoms with Gasteiger partial charge < -0.3 is 14.8 Å². The van der Waals surface area contributed by atoms with E-state index >= 15 is 0 Å². The molecule has 0 aliphatic rings. The summed E-state index contributed by atoms with van der Waals surface area (Å²) in [4.78, 5) is 7.00. The van der Waals surface area contributed by atoms with Crippen LogP contribution in [0.5, 0.6) is 5.88 Å². The molecule has 6 heteroatoms. The number of thiazole rings is 1. The molecule has 2 N–H and O–H groups in total. The molecule has 0 amide bonds. The summed E-state index contributed by atoms with van der Waals surface area (Å²) < 4.78 is 5.05. The minimum Gasteiger partial charge on any atom is -0.480 e. The van der Waals surface area contributed by atoms with Crippen molar-refractivity contribution in [3.05, 3.63) is 4.88 Å². The lowest BCUT2D eigenvalue weighted by Crippen LogP contribution is -2.07. The maximum Gasteiger partial charge on any atom is 0.230 e. The zero-order valence-electron chi connectivity index (χ0n) is 7.87. The van der Waals surface area contributed by atoms with Crippen LogP contribution in [-0.2, 0) is 6.54 Å². The van der Waals surface area contributed by atoms with Crippen LogP contribution in [0.25, 0.3) is 0 Å². The van der Waals surface area contributed by atoms with Gasteiger partial charge in [0.25, 0.3) is 0 Å². The van der Waals surface area contributed by atoms with Crippen LogP contribution in [-0.4, -0.2) is 31.4 Å². The number of hydrogen-bond acceptors (Lipinski definition) is 6. The van der Waals surface area contributed by atoms with Gasteiger partial charge in [0, 0.05) is 14.1 Å². The molecular formula is C7H13N3O2S. The standard InChI is InChI=1S/C7H13N3O2S/c1-10(2)7-9-6(12-3)5(13-7)4-8-11/h8,11H,4H2,1-3H3. The van der Waals surface area contributed by atoms with Crippen LogP contribution in [0.15, 0.2) is 0 Å². The summed E-state index contributed by atoms with van der Waals surface area (Å²) in [5.74, 6) is 0.565. The molecule has 74 valence electrons. The first-order valence-electron chi connectivity index (χ1n) is 3.77. The van der Waals surface area contributed by atoms with Crippen molar-refractivity contribution in [2.24, 2.45) is 0 Å². The molecule has 0 radical (unpaired) electrons. The van der Waals surface area contributed by atoms with Crippen LogP contribution in [0.4, 0.5) is 5.13 Å². The largest absolute Gasteiger partial charge is 0.480 e. The van der Waals surface area contributed by atoms with Crippen molar-refractivity contribution in [3.63, 3.8) is 0 Å². The first-order chi connectivity index (χ1) is 6.19. The molecule has 1 aromatic heterocycles. The highest BCUT2D eigenvalue weighted by Crippen LogP contribution is 2.29. The highest BCUT2D eigenvalue weighted by Gasteiger charge is 2.11. The third kappa shape index (κ3) is 2.30. The second kappa shape index (κ2) is 4.40. The molecule has 0 saturated heterocycles. The minimum atomic E-state index is 0.356. The average molecular weight is 203 g/mol. The Morgan fingerprint density at radius 2 is 2.31 bits per heavy atom. The first kappa shape index (κ1) is 10.2. The highest BCUT2D eigenvalue weighted by atomic mass is 32.1. The first-order valence-corrected chi connectivity index (χ1v) is 4.58. The van der Waals surface area contributed by atoms with E-state index in [0.29, 0.717) is 12.4 Å². The Morgan fingerprint density at radius 1 is 1.62 bits per heavy atom. The average Bonchev–Trinajstić information content (AvgIpc) is 2.48. The minimum absolute atomic E-state index is 0.356. The third-order valence-electron chi connectivity index (χ3n) is 1.47. The lowest BCUT2D eigenvalue weighted by molar-refractivity contribution is 0.161. The predicted molar refractivity (Wildman–Crippen MR) is 51.6 cm³/mol. The van der Waals surface area contributed by atoms with Crippen molar-refractivity contribution in [1.29, 1.82) is 0 Å². The zero-order valence-corrected chi connectivity index (χ0v) is 8.68. The van der Waals surface area contributed by atoms with E-state index in [9.17, 15) is 0 Å². The molecule has 0 spiro atoms. The van der Waals surface area contributed by atoms with Gasteiger partial charge in [-0.2, -0.15) is 4.98 Å². The summed E-state index contributed by atoms with van der Waals surface area (Å²) in [5.41, 5.74) is 2.08. The molecule has 0 aliphatic carbocycles. The van der Waals surface area contributed by atoms with Gasteiger partial charge in [0.2, 0.25) is 5.88 Å². The molecular weight excluding hydrogens is 190 g/mol. The van der Waals surface area contributed by atoms with Gasteiger partial charge in [0.1, 0.15) is 0 Å². The Morgan fingerprint density at radius 3 is 2.77 bits per heavy atom. The summed E-state index contributed by atoms with van der Waals surface area (Å²) in [6.45, 7) is 0.356. The maximum atomic E-state index is 8.55. The smallest absolute Gasteiger partial charge is 0.230 e. The summed E-state index contributed by atoms with van der Waals surface area (Å²) in [5, 5.41) is 9.41. The van der Waals surface area contributed by atoms with E-state index in [0.717, 1.165) is 10.0 Å². The van der Waals surface area contributed by atoms with Crippen LogP contribution < -0.4 is 15.1 Å². The van der Waals surface area contributed by atoms with Gasteiger partial charge in [-0.05, 0) is 0 Å². The number of anilines is 1. The SMILES string of the molecule is COc1nc(N(C)C)sc1CNO. The molecule has 13 heavy (non-hydrogen) atoms. The van der Waals surface area contributed by atoms with E-state index in [1.165, 1.54) is 11.3 Å². The second-order valence-corrected chi connectivity index (χ2v) is 3.72. The Hall–Kier alpha value is -0.850. The van der Waals surface area contributed by atoms with Gasteiger partial charge in [-0.25, -0.2) is 5.48 Å². The van der Waals surface area contributed by atoms with Gasteiger partial charge in [0.15, 0.2) is 5.13 Å². The molecule has 0 aromatic carbocycles. The zero-order chi connectivity index (χ0) is 9.84. The summed E-state index contributed by atoms with van der Waals surface area (Å²) in [6, 6.07) is 0. The van der Waals surface area contributed by atoms with Crippen LogP contribution in [0, 0.1) is 0 Å². The van der Waals surface area contributed by atoms with Crippen molar-refractivity contribution >= 4 is 16.5 Å². The molecule has 1 rings (SSSR count). The number of nitrogens with one attached hydrogen (secondary N) is 1. The number of nitrogens with zero attached hydrogens (tertiary/aromatic N) is 2. The van der Waals surface area contributed by atoms with Gasteiger partial charge in [-0.15, -0.1) is 0 Å². The monoisotopic (exact) mass is 203 g/mol. The number of ether oxygens (including phenoxy) is 1. The molecule has 1 heterocycles. The van der Waals surface area contributed by atoms with E-state index in [4.69, 9.17) is 9.94 Å². The number of hydrogen-bond donors (Lipinski definition) is 2. The van der Waals surface area contributed by atoms with Crippen LogP contribution in [0.2, 0.25) is 0 Å². The quantitative estimate of drug-likeness (QED) is 0.705. The summed E-state index contributed by atoms with van der Waals surface area (Å²) in [6.07, 6.45) is 0. The van der Waals surface area contributed by atoms with E-state index in [2.05, 4.69) is 10.5 Å². The Labute approximate surface area is 80.9 Å². The van der Waals surface area contributed by atoms with Crippen molar-refractivity contribution in [2.45, 2.75) is 6.54 Å². The van der Waals surface area contributed by atoms with Crippen LogP contribution in [0.1, 0.15) is 4.88 Å². The molecule has 1 aromatic rings. The van der Waals surface area contributed by atoms with E-state index in [1.807, 2.05) is 19.0 Å².